The van der Waals surface area contributed by atoms with Gasteiger partial charge in [0, 0.05) is 92.4 Å². The molecule has 0 aliphatic carbocycles. The maximum absolute atomic E-state index is 12.3. The van der Waals surface area contributed by atoms with Crippen LogP contribution in [-0.4, -0.2) is 61.3 Å². The molecule has 0 aromatic carbocycles. The summed E-state index contributed by atoms with van der Waals surface area (Å²) < 4.78 is 8.43. The van der Waals surface area contributed by atoms with E-state index < -0.39 is 0 Å². The number of aryl methyl sites for hydroxylation is 1. The predicted octanol–water partition coefficient (Wildman–Crippen LogP) is 3.50. The van der Waals surface area contributed by atoms with Gasteiger partial charge < -0.3 is 14.2 Å². The molecule has 2 atom stereocenters. The smallest absolute Gasteiger partial charge is 0.250 e. The number of fused-ring (bicyclic) bond motifs is 3. The minimum atomic E-state index is -0.0906. The summed E-state index contributed by atoms with van der Waals surface area (Å²) in [6, 6.07) is 16.8. The minimum Gasteiger partial charge on any atom is -0.481 e. The average molecular weight is 545 g/mol. The third-order valence-electron chi connectivity index (χ3n) is 8.27. The molecule has 41 heavy (non-hydrogen) atoms. The van der Waals surface area contributed by atoms with Gasteiger partial charge in [-0.15, -0.1) is 0 Å². The third-order valence-corrected chi connectivity index (χ3v) is 8.27. The molecule has 8 heterocycles. The number of rotatable bonds is 6. The first-order chi connectivity index (χ1) is 20.0. The number of methoxy groups -OCH3 is 1. The van der Waals surface area contributed by atoms with E-state index in [0.29, 0.717) is 23.5 Å². The lowest BCUT2D eigenvalue weighted by Gasteiger charge is -2.56. The molecule has 5 aromatic rings. The van der Waals surface area contributed by atoms with E-state index in [2.05, 4.69) is 44.2 Å². The largest absolute Gasteiger partial charge is 0.481 e. The Bertz CT molecular complexity index is 1840. The highest BCUT2D eigenvalue weighted by atomic mass is 16.5. The molecule has 5 aromatic heterocycles. The Morgan fingerprint density at radius 1 is 1.00 bits per heavy atom. The first kappa shape index (κ1) is 25.0. The van der Waals surface area contributed by atoms with E-state index in [9.17, 15) is 10.1 Å². The molecule has 8 rings (SSSR count). The van der Waals surface area contributed by atoms with Crippen LogP contribution in [0.3, 0.4) is 0 Å². The molecule has 204 valence electrons. The summed E-state index contributed by atoms with van der Waals surface area (Å²) in [7, 11) is 3.35. The Balaban J connectivity index is 1.14. The molecule has 3 saturated heterocycles. The first-order valence-electron chi connectivity index (χ1n) is 13.6. The van der Waals surface area contributed by atoms with Gasteiger partial charge in [0.15, 0.2) is 0 Å². The number of ether oxygens (including phenoxy) is 1. The van der Waals surface area contributed by atoms with Crippen molar-refractivity contribution in [3.05, 3.63) is 94.9 Å². The number of hydrogen-bond donors (Lipinski definition) is 0. The quantitative estimate of drug-likeness (QED) is 0.320. The molecule has 0 radical (unpaired) electrons. The van der Waals surface area contributed by atoms with Gasteiger partial charge >= 0.3 is 0 Å². The van der Waals surface area contributed by atoms with Crippen molar-refractivity contribution in [1.29, 1.82) is 5.26 Å². The van der Waals surface area contributed by atoms with Gasteiger partial charge in [0.05, 0.1) is 24.4 Å². The van der Waals surface area contributed by atoms with Crippen LogP contribution >= 0.6 is 0 Å². The zero-order valence-electron chi connectivity index (χ0n) is 22.8. The van der Waals surface area contributed by atoms with E-state index in [0.717, 1.165) is 53.2 Å². The van der Waals surface area contributed by atoms with Gasteiger partial charge in [0.1, 0.15) is 11.9 Å². The van der Waals surface area contributed by atoms with Crippen LogP contribution in [0, 0.1) is 11.3 Å². The number of piperidine rings is 1. The van der Waals surface area contributed by atoms with Crippen molar-refractivity contribution >= 4 is 11.3 Å². The summed E-state index contributed by atoms with van der Waals surface area (Å²) in [5.41, 5.74) is 5.67. The number of hydrogen-bond acceptors (Lipinski definition) is 8. The van der Waals surface area contributed by atoms with Crippen LogP contribution in [0.2, 0.25) is 0 Å². The lowest BCUT2D eigenvalue weighted by atomic mass is 9.87. The number of aromatic nitrogens is 5. The Kier molecular flexibility index (Phi) is 6.02. The number of nitrogens with zero attached hydrogens (tertiary/aromatic N) is 8. The zero-order valence-corrected chi connectivity index (χ0v) is 22.8. The van der Waals surface area contributed by atoms with E-state index in [1.807, 2.05) is 36.8 Å². The molecule has 2 unspecified atom stereocenters. The molecule has 2 bridgehead atoms. The summed E-state index contributed by atoms with van der Waals surface area (Å²) in [6.45, 7) is 2.74. The van der Waals surface area contributed by atoms with Gasteiger partial charge in [-0.25, -0.2) is 14.5 Å². The van der Waals surface area contributed by atoms with Crippen LogP contribution in [0.1, 0.15) is 17.5 Å². The lowest BCUT2D eigenvalue weighted by molar-refractivity contribution is -0.00876. The van der Waals surface area contributed by atoms with E-state index in [1.54, 1.807) is 37.1 Å². The minimum absolute atomic E-state index is 0.0906. The fourth-order valence-corrected chi connectivity index (χ4v) is 6.01. The zero-order chi connectivity index (χ0) is 28.1. The Morgan fingerprint density at radius 2 is 1.85 bits per heavy atom. The topological polar surface area (TPSA) is 105 Å². The third kappa shape index (κ3) is 4.40. The van der Waals surface area contributed by atoms with Crippen molar-refractivity contribution in [2.45, 2.75) is 25.0 Å². The van der Waals surface area contributed by atoms with Gasteiger partial charge in [0.25, 0.3) is 5.56 Å². The number of nitriles is 1. The Labute approximate surface area is 236 Å². The molecule has 0 spiro atoms. The number of piperazine rings is 1. The summed E-state index contributed by atoms with van der Waals surface area (Å²) in [5, 5.41) is 14.2. The normalized spacial score (nSPS) is 18.2. The van der Waals surface area contributed by atoms with Crippen molar-refractivity contribution in [1.82, 2.24) is 29.0 Å². The van der Waals surface area contributed by atoms with E-state index in [4.69, 9.17) is 9.72 Å². The molecule has 10 heteroatoms. The molecule has 3 aliphatic rings. The van der Waals surface area contributed by atoms with Gasteiger partial charge in [-0.2, -0.15) is 10.4 Å². The summed E-state index contributed by atoms with van der Waals surface area (Å²) in [4.78, 5) is 26.4. The Morgan fingerprint density at radius 3 is 2.54 bits per heavy atom. The average Bonchev–Trinajstić information content (AvgIpc) is 3.44. The van der Waals surface area contributed by atoms with Gasteiger partial charge in [-0.1, -0.05) is 6.07 Å². The summed E-state index contributed by atoms with van der Waals surface area (Å²) in [6.07, 6.45) is 10.1. The second kappa shape index (κ2) is 9.87. The van der Waals surface area contributed by atoms with Crippen LogP contribution in [0.5, 0.6) is 5.88 Å². The number of pyridine rings is 4. The second-order valence-electron chi connectivity index (χ2n) is 10.7. The fraction of sp³-hybridized carbons (Fsp3) is 0.258. The highest BCUT2D eigenvalue weighted by Gasteiger charge is 2.44. The molecule has 3 fully saturated rings. The Hall–Kier alpha value is -5.01. The molecule has 0 amide bonds. The van der Waals surface area contributed by atoms with Crippen molar-refractivity contribution in [3.8, 4) is 34.2 Å². The van der Waals surface area contributed by atoms with Crippen molar-refractivity contribution in [2.24, 2.45) is 7.05 Å². The second-order valence-corrected chi connectivity index (χ2v) is 10.7. The van der Waals surface area contributed by atoms with Gasteiger partial charge in [0.2, 0.25) is 5.88 Å². The van der Waals surface area contributed by atoms with E-state index in [1.165, 1.54) is 16.6 Å². The molecule has 0 saturated carbocycles. The molecule has 10 nitrogen and oxygen atoms in total. The highest BCUT2D eigenvalue weighted by Crippen LogP contribution is 2.36. The maximum Gasteiger partial charge on any atom is 0.250 e. The number of anilines is 1. The standard InChI is InChI=1S/C31H28N8O2/c1-36-8-7-21(10-30(36)40)23-9-27(31-24(12-32)15-35-39(31)17-23)22-4-5-28(33-14-22)37-18-25-11-26(19-37)38(25)16-20-3-6-29(41-2)34-13-20/h3-10,13-15,17,25-26H,11,16,18-19H2,1-2H3. The maximum atomic E-state index is 12.3. The van der Waals surface area contributed by atoms with E-state index >= 15 is 0 Å². The fourth-order valence-electron chi connectivity index (χ4n) is 6.01. The predicted molar refractivity (Wildman–Crippen MR) is 155 cm³/mol. The van der Waals surface area contributed by atoms with Crippen LogP contribution in [0.4, 0.5) is 5.82 Å². The summed E-state index contributed by atoms with van der Waals surface area (Å²) >= 11 is 0. The van der Waals surface area contributed by atoms with Gasteiger partial charge in [-0.05, 0) is 41.8 Å². The molecular formula is C31H28N8O2. The molecule has 3 aliphatic heterocycles. The van der Waals surface area contributed by atoms with Crippen molar-refractivity contribution in [3.63, 3.8) is 0 Å². The van der Waals surface area contributed by atoms with Crippen LogP contribution < -0.4 is 15.2 Å². The highest BCUT2D eigenvalue weighted by molar-refractivity contribution is 5.87. The molecular weight excluding hydrogens is 516 g/mol. The lowest BCUT2D eigenvalue weighted by Crippen LogP contribution is -2.68. The SMILES string of the molecule is COc1ccc(CN2C3CC2CN(c2ccc(-c4cc(-c5ccn(C)c(=O)c5)cn5ncc(C#N)c45)cn2)C3)cn1. The van der Waals surface area contributed by atoms with Crippen LogP contribution in [-0.2, 0) is 13.6 Å². The van der Waals surface area contributed by atoms with Gasteiger partial charge in [-0.3, -0.25) is 9.69 Å². The first-order valence-corrected chi connectivity index (χ1v) is 13.6. The van der Waals surface area contributed by atoms with E-state index in [-0.39, 0.29) is 5.56 Å². The monoisotopic (exact) mass is 544 g/mol. The summed E-state index contributed by atoms with van der Waals surface area (Å²) in [5.74, 6) is 1.58. The van der Waals surface area contributed by atoms with Crippen LogP contribution in [0.15, 0.2) is 78.2 Å². The van der Waals surface area contributed by atoms with Crippen LogP contribution in [0.25, 0.3) is 27.8 Å². The van der Waals surface area contributed by atoms with Crippen molar-refractivity contribution < 1.29 is 4.74 Å². The molecule has 0 N–H and O–H groups in total. The van der Waals surface area contributed by atoms with Crippen molar-refractivity contribution in [2.75, 3.05) is 25.1 Å².